The van der Waals surface area contributed by atoms with E-state index in [9.17, 15) is 13.2 Å². The summed E-state index contributed by atoms with van der Waals surface area (Å²) in [5.74, 6) is -0.458. The molecule has 0 N–H and O–H groups in total. The number of sulfonamides is 1. The highest BCUT2D eigenvalue weighted by atomic mass is 32.2. The molecule has 2 aromatic carbocycles. The van der Waals surface area contributed by atoms with Gasteiger partial charge >= 0.3 is 5.97 Å². The molecule has 160 valence electrons. The summed E-state index contributed by atoms with van der Waals surface area (Å²) >= 11 is 0. The molecule has 2 aliphatic rings. The Balaban J connectivity index is 1.51. The van der Waals surface area contributed by atoms with Crippen LogP contribution in [0.4, 0.5) is 0 Å². The maximum atomic E-state index is 13.2. The Bertz CT molecular complexity index is 994. The van der Waals surface area contributed by atoms with E-state index in [1.54, 1.807) is 0 Å². The first-order chi connectivity index (χ1) is 14.5. The van der Waals surface area contributed by atoms with Crippen molar-refractivity contribution in [3.05, 3.63) is 70.8 Å². The lowest BCUT2D eigenvalue weighted by molar-refractivity contribution is -0.142. The SMILES string of the molecule is COC(=O)C1CN(S(=O)(=O)Cc2ccc(C3CCCCC3)cc2)Cc2ccccc21. The summed E-state index contributed by atoms with van der Waals surface area (Å²) in [4.78, 5) is 12.3. The second-order valence-corrected chi connectivity index (χ2v) is 10.4. The van der Waals surface area contributed by atoms with Crippen LogP contribution in [-0.4, -0.2) is 32.3 Å². The molecule has 1 aliphatic carbocycles. The molecule has 0 aromatic heterocycles. The fourth-order valence-corrected chi connectivity index (χ4v) is 6.26. The van der Waals surface area contributed by atoms with E-state index in [4.69, 9.17) is 4.74 Å². The van der Waals surface area contributed by atoms with Crippen LogP contribution in [0.3, 0.4) is 0 Å². The molecule has 0 amide bonds. The zero-order valence-corrected chi connectivity index (χ0v) is 18.2. The van der Waals surface area contributed by atoms with E-state index < -0.39 is 21.9 Å². The van der Waals surface area contributed by atoms with Gasteiger partial charge < -0.3 is 4.74 Å². The van der Waals surface area contributed by atoms with E-state index in [1.165, 1.54) is 49.1 Å². The summed E-state index contributed by atoms with van der Waals surface area (Å²) in [5, 5.41) is 0. The monoisotopic (exact) mass is 427 g/mol. The number of fused-ring (bicyclic) bond motifs is 1. The summed E-state index contributed by atoms with van der Waals surface area (Å²) in [6.45, 7) is 0.401. The Morgan fingerprint density at radius 1 is 1.03 bits per heavy atom. The Hall–Kier alpha value is -2.18. The summed E-state index contributed by atoms with van der Waals surface area (Å²) in [6.07, 6.45) is 6.31. The lowest BCUT2D eigenvalue weighted by Crippen LogP contribution is -2.41. The number of ether oxygens (including phenoxy) is 1. The number of rotatable bonds is 5. The molecule has 1 aliphatic heterocycles. The lowest BCUT2D eigenvalue weighted by atomic mass is 9.84. The van der Waals surface area contributed by atoms with Gasteiger partial charge in [-0.1, -0.05) is 67.8 Å². The highest BCUT2D eigenvalue weighted by molar-refractivity contribution is 7.88. The van der Waals surface area contributed by atoms with E-state index in [2.05, 4.69) is 12.1 Å². The Labute approximate surface area is 179 Å². The van der Waals surface area contributed by atoms with Crippen LogP contribution in [0.5, 0.6) is 0 Å². The van der Waals surface area contributed by atoms with Gasteiger partial charge in [-0.25, -0.2) is 8.42 Å². The Morgan fingerprint density at radius 2 is 1.73 bits per heavy atom. The summed E-state index contributed by atoms with van der Waals surface area (Å²) in [5.41, 5.74) is 3.81. The molecule has 1 heterocycles. The largest absolute Gasteiger partial charge is 0.469 e. The summed E-state index contributed by atoms with van der Waals surface area (Å²) in [6, 6.07) is 15.6. The molecule has 5 nitrogen and oxygen atoms in total. The minimum absolute atomic E-state index is 0.0615. The second kappa shape index (κ2) is 8.90. The third-order valence-corrected chi connectivity index (χ3v) is 8.21. The van der Waals surface area contributed by atoms with Crippen molar-refractivity contribution < 1.29 is 17.9 Å². The lowest BCUT2D eigenvalue weighted by Gasteiger charge is -2.32. The van der Waals surface area contributed by atoms with Crippen LogP contribution in [0.15, 0.2) is 48.5 Å². The third-order valence-electron chi connectivity index (χ3n) is 6.45. The summed E-state index contributed by atoms with van der Waals surface area (Å²) < 4.78 is 32.7. The van der Waals surface area contributed by atoms with Crippen molar-refractivity contribution in [2.24, 2.45) is 0 Å². The molecule has 1 unspecified atom stereocenters. The van der Waals surface area contributed by atoms with Crippen LogP contribution < -0.4 is 0 Å². The van der Waals surface area contributed by atoms with Gasteiger partial charge in [0.2, 0.25) is 10.0 Å². The van der Waals surface area contributed by atoms with Crippen molar-refractivity contribution >= 4 is 16.0 Å². The predicted molar refractivity (Wildman–Crippen MR) is 117 cm³/mol. The predicted octanol–water partition coefficient (Wildman–Crippen LogP) is 4.34. The third kappa shape index (κ3) is 4.44. The molecule has 1 saturated carbocycles. The van der Waals surface area contributed by atoms with Gasteiger partial charge in [-0.2, -0.15) is 4.31 Å². The highest BCUT2D eigenvalue weighted by Crippen LogP contribution is 2.34. The first-order valence-corrected chi connectivity index (χ1v) is 12.3. The molecule has 30 heavy (non-hydrogen) atoms. The number of hydrogen-bond donors (Lipinski definition) is 0. The van der Waals surface area contributed by atoms with Crippen molar-refractivity contribution in [3.63, 3.8) is 0 Å². The molecule has 0 saturated heterocycles. The molecule has 2 aromatic rings. The molecule has 0 bridgehead atoms. The first kappa shape index (κ1) is 21.1. The molecule has 0 spiro atoms. The van der Waals surface area contributed by atoms with Crippen molar-refractivity contribution in [2.75, 3.05) is 13.7 Å². The van der Waals surface area contributed by atoms with Gasteiger partial charge in [-0.15, -0.1) is 0 Å². The number of carbonyl (C=O) groups excluding carboxylic acids is 1. The van der Waals surface area contributed by atoms with Gasteiger partial charge in [0.05, 0.1) is 18.8 Å². The van der Waals surface area contributed by atoms with Gasteiger partial charge in [-0.3, -0.25) is 4.79 Å². The van der Waals surface area contributed by atoms with E-state index in [1.807, 2.05) is 36.4 Å². The number of methoxy groups -OCH3 is 1. The van der Waals surface area contributed by atoms with Gasteiger partial charge in [0.1, 0.15) is 0 Å². The van der Waals surface area contributed by atoms with Crippen LogP contribution >= 0.6 is 0 Å². The molecular formula is C24H29NO4S. The average molecular weight is 428 g/mol. The number of nitrogens with zero attached hydrogens (tertiary/aromatic N) is 1. The topological polar surface area (TPSA) is 63.7 Å². The van der Waals surface area contributed by atoms with Crippen molar-refractivity contribution in [3.8, 4) is 0 Å². The standard InChI is InChI=1S/C24H29NO4S/c1-29-24(26)23-16-25(15-21-9-5-6-10-22(21)23)30(27,28)17-18-11-13-20(14-12-18)19-7-3-2-4-8-19/h5-6,9-14,19,23H,2-4,7-8,15-17H2,1H3. The van der Waals surface area contributed by atoms with E-state index >= 15 is 0 Å². The van der Waals surface area contributed by atoms with Crippen molar-refractivity contribution in [2.45, 2.75) is 56.2 Å². The molecular weight excluding hydrogens is 398 g/mol. The first-order valence-electron chi connectivity index (χ1n) is 10.7. The molecule has 4 rings (SSSR count). The summed E-state index contributed by atoms with van der Waals surface area (Å²) in [7, 11) is -2.23. The minimum atomic E-state index is -3.57. The van der Waals surface area contributed by atoms with E-state index in [0.717, 1.165) is 16.7 Å². The van der Waals surface area contributed by atoms with Gasteiger partial charge in [0, 0.05) is 13.1 Å². The maximum Gasteiger partial charge on any atom is 0.314 e. The van der Waals surface area contributed by atoms with Crippen LogP contribution in [0.1, 0.15) is 66.2 Å². The van der Waals surface area contributed by atoms with E-state index in [-0.39, 0.29) is 18.8 Å². The maximum absolute atomic E-state index is 13.2. The molecule has 1 atom stereocenters. The van der Waals surface area contributed by atoms with Gasteiger partial charge in [-0.05, 0) is 41.0 Å². The van der Waals surface area contributed by atoms with E-state index in [0.29, 0.717) is 5.92 Å². The second-order valence-electron chi connectivity index (χ2n) is 8.40. The fraction of sp³-hybridized carbons (Fsp3) is 0.458. The van der Waals surface area contributed by atoms with Crippen molar-refractivity contribution in [1.82, 2.24) is 4.31 Å². The minimum Gasteiger partial charge on any atom is -0.469 e. The normalized spacial score (nSPS) is 20.5. The highest BCUT2D eigenvalue weighted by Gasteiger charge is 2.36. The van der Waals surface area contributed by atoms with Gasteiger partial charge in [0.15, 0.2) is 0 Å². The fourth-order valence-electron chi connectivity index (χ4n) is 4.75. The number of hydrogen-bond acceptors (Lipinski definition) is 4. The van der Waals surface area contributed by atoms with Crippen molar-refractivity contribution in [1.29, 1.82) is 0 Å². The van der Waals surface area contributed by atoms with Gasteiger partial charge in [0.25, 0.3) is 0 Å². The quantitative estimate of drug-likeness (QED) is 0.666. The van der Waals surface area contributed by atoms with Crippen LogP contribution in [0, 0.1) is 0 Å². The Kier molecular flexibility index (Phi) is 6.25. The molecule has 1 fully saturated rings. The zero-order valence-electron chi connectivity index (χ0n) is 17.4. The molecule has 6 heteroatoms. The molecule has 0 radical (unpaired) electrons. The van der Waals surface area contributed by atoms with Crippen LogP contribution in [-0.2, 0) is 31.9 Å². The number of esters is 1. The average Bonchev–Trinajstić information content (AvgIpc) is 2.78. The smallest absolute Gasteiger partial charge is 0.314 e. The number of carbonyl (C=O) groups is 1. The Morgan fingerprint density at radius 3 is 2.43 bits per heavy atom. The number of benzene rings is 2. The van der Waals surface area contributed by atoms with Crippen LogP contribution in [0.2, 0.25) is 0 Å². The zero-order chi connectivity index (χ0) is 21.1. The van der Waals surface area contributed by atoms with Crippen LogP contribution in [0.25, 0.3) is 0 Å².